The molecule has 1 heterocycles. The van der Waals surface area contributed by atoms with Crippen LogP contribution in [-0.2, 0) is 6.42 Å². The molecule has 3 nitrogen and oxygen atoms in total. The van der Waals surface area contributed by atoms with E-state index >= 15 is 0 Å². The Labute approximate surface area is 126 Å². The monoisotopic (exact) mass is 304 g/mol. The minimum absolute atomic E-state index is 0.258. The van der Waals surface area contributed by atoms with E-state index < -0.39 is 0 Å². The molecule has 21 heavy (non-hydrogen) atoms. The second-order valence-corrected chi connectivity index (χ2v) is 5.23. The number of furan rings is 1. The normalized spacial score (nSPS) is 12.7. The van der Waals surface area contributed by atoms with E-state index in [1.54, 1.807) is 24.3 Å². The molecule has 0 fully saturated rings. The van der Waals surface area contributed by atoms with Crippen molar-refractivity contribution in [2.24, 2.45) is 5.84 Å². The second-order valence-electron chi connectivity index (χ2n) is 4.82. The van der Waals surface area contributed by atoms with E-state index in [0.29, 0.717) is 28.4 Å². The Bertz CT molecular complexity index is 772. The van der Waals surface area contributed by atoms with Crippen LogP contribution in [0.2, 0.25) is 5.02 Å². The van der Waals surface area contributed by atoms with Crippen molar-refractivity contribution in [1.82, 2.24) is 5.43 Å². The summed E-state index contributed by atoms with van der Waals surface area (Å²) in [7, 11) is 0. The summed E-state index contributed by atoms with van der Waals surface area (Å²) in [5.74, 6) is 5.97. The first-order valence-electron chi connectivity index (χ1n) is 6.56. The fraction of sp³-hybridized carbons (Fsp3) is 0.125. The Hall–Kier alpha value is -1.88. The summed E-state index contributed by atoms with van der Waals surface area (Å²) in [5.41, 5.74) is 3.86. The fourth-order valence-electron chi connectivity index (χ4n) is 2.34. The number of fused-ring (bicyclic) bond motifs is 1. The number of hydrazine groups is 1. The number of rotatable bonds is 4. The number of nitrogens with two attached hydrogens (primary N) is 1. The Morgan fingerprint density at radius 2 is 2.00 bits per heavy atom. The van der Waals surface area contributed by atoms with Gasteiger partial charge < -0.3 is 4.42 Å². The largest absolute Gasteiger partial charge is 0.458 e. The van der Waals surface area contributed by atoms with E-state index in [9.17, 15) is 4.39 Å². The van der Waals surface area contributed by atoms with Crippen LogP contribution in [0.15, 0.2) is 52.9 Å². The molecule has 3 N–H and O–H groups in total. The van der Waals surface area contributed by atoms with Gasteiger partial charge in [0.2, 0.25) is 0 Å². The Kier molecular flexibility index (Phi) is 3.92. The van der Waals surface area contributed by atoms with Gasteiger partial charge in [-0.05, 0) is 30.2 Å². The van der Waals surface area contributed by atoms with E-state index in [1.165, 1.54) is 6.07 Å². The first kappa shape index (κ1) is 14.1. The van der Waals surface area contributed by atoms with Crippen molar-refractivity contribution in [3.8, 4) is 0 Å². The predicted octanol–water partition coefficient (Wildman–Crippen LogP) is 3.97. The van der Waals surface area contributed by atoms with Gasteiger partial charge in [0, 0.05) is 5.39 Å². The third-order valence-electron chi connectivity index (χ3n) is 3.44. The van der Waals surface area contributed by atoms with Gasteiger partial charge in [-0.25, -0.2) is 9.82 Å². The second kappa shape index (κ2) is 5.85. The number of hydrogen-bond donors (Lipinski definition) is 2. The molecule has 1 unspecified atom stereocenters. The molecular weight excluding hydrogens is 291 g/mol. The minimum Gasteiger partial charge on any atom is -0.458 e. The van der Waals surface area contributed by atoms with Crippen LogP contribution < -0.4 is 11.3 Å². The number of halogens is 2. The van der Waals surface area contributed by atoms with E-state index in [-0.39, 0.29) is 11.9 Å². The number of benzene rings is 2. The molecule has 0 spiro atoms. The summed E-state index contributed by atoms with van der Waals surface area (Å²) in [5, 5.41) is 1.44. The maximum absolute atomic E-state index is 13.8. The molecule has 0 bridgehead atoms. The number of nitrogens with one attached hydrogen (secondary N) is 1. The van der Waals surface area contributed by atoms with E-state index in [4.69, 9.17) is 21.9 Å². The van der Waals surface area contributed by atoms with E-state index in [0.717, 1.165) is 5.39 Å². The van der Waals surface area contributed by atoms with Crippen molar-refractivity contribution in [3.05, 3.63) is 70.7 Å². The fourth-order valence-corrected chi connectivity index (χ4v) is 2.57. The van der Waals surface area contributed by atoms with Gasteiger partial charge in [-0.1, -0.05) is 41.9 Å². The van der Waals surface area contributed by atoms with Crippen LogP contribution in [0.5, 0.6) is 0 Å². The average molecular weight is 305 g/mol. The molecule has 2 aromatic carbocycles. The first-order chi connectivity index (χ1) is 10.2. The minimum atomic E-state index is -0.328. The highest BCUT2D eigenvalue weighted by Gasteiger charge is 2.18. The summed E-state index contributed by atoms with van der Waals surface area (Å²) in [6.45, 7) is 0. The lowest BCUT2D eigenvalue weighted by Crippen LogP contribution is -2.29. The van der Waals surface area contributed by atoms with Crippen LogP contribution >= 0.6 is 11.6 Å². The molecule has 5 heteroatoms. The van der Waals surface area contributed by atoms with Crippen molar-refractivity contribution < 1.29 is 8.81 Å². The zero-order valence-electron chi connectivity index (χ0n) is 11.1. The maximum Gasteiger partial charge on any atom is 0.152 e. The lowest BCUT2D eigenvalue weighted by molar-refractivity contribution is 0.429. The zero-order chi connectivity index (χ0) is 14.8. The highest BCUT2D eigenvalue weighted by molar-refractivity contribution is 6.34. The molecule has 108 valence electrons. The van der Waals surface area contributed by atoms with Crippen LogP contribution in [0.4, 0.5) is 4.39 Å². The third-order valence-corrected chi connectivity index (χ3v) is 3.74. The van der Waals surface area contributed by atoms with E-state index in [1.807, 2.05) is 18.2 Å². The topological polar surface area (TPSA) is 51.2 Å². The van der Waals surface area contributed by atoms with Gasteiger partial charge in [0.15, 0.2) is 5.58 Å². The van der Waals surface area contributed by atoms with Crippen LogP contribution in [-0.4, -0.2) is 0 Å². The van der Waals surface area contributed by atoms with Gasteiger partial charge in [-0.3, -0.25) is 5.84 Å². The molecule has 0 amide bonds. The van der Waals surface area contributed by atoms with Gasteiger partial charge in [-0.15, -0.1) is 0 Å². The Morgan fingerprint density at radius 3 is 2.71 bits per heavy atom. The standard InChI is InChI=1S/C16H14ClFN2O/c17-12-6-3-5-11-9-15(21-16(11)12)14(20-19)8-10-4-1-2-7-13(10)18/h1-7,9,14,20H,8,19H2. The average Bonchev–Trinajstić information content (AvgIpc) is 2.92. The molecule has 0 radical (unpaired) electrons. The molecule has 0 saturated carbocycles. The highest BCUT2D eigenvalue weighted by Crippen LogP contribution is 2.30. The summed E-state index contributed by atoms with van der Waals surface area (Å²) in [6.07, 6.45) is 0.389. The third kappa shape index (κ3) is 2.78. The molecule has 3 rings (SSSR count). The Balaban J connectivity index is 1.95. The van der Waals surface area contributed by atoms with Crippen LogP contribution in [0.3, 0.4) is 0 Å². The molecule has 3 aromatic rings. The van der Waals surface area contributed by atoms with Crippen LogP contribution in [0, 0.1) is 5.82 Å². The SMILES string of the molecule is NNC(Cc1ccccc1F)c1cc2cccc(Cl)c2o1. The quantitative estimate of drug-likeness (QED) is 0.566. The van der Waals surface area contributed by atoms with Crippen molar-refractivity contribution in [1.29, 1.82) is 0 Å². The van der Waals surface area contributed by atoms with Crippen molar-refractivity contribution in [3.63, 3.8) is 0 Å². The number of para-hydroxylation sites is 1. The maximum atomic E-state index is 13.8. The van der Waals surface area contributed by atoms with E-state index in [2.05, 4.69) is 5.43 Å². The molecule has 1 aromatic heterocycles. The molecule has 0 saturated heterocycles. The summed E-state index contributed by atoms with van der Waals surface area (Å²) in [4.78, 5) is 0. The van der Waals surface area contributed by atoms with Gasteiger partial charge in [0.25, 0.3) is 0 Å². The van der Waals surface area contributed by atoms with Crippen molar-refractivity contribution >= 4 is 22.6 Å². The van der Waals surface area contributed by atoms with Crippen molar-refractivity contribution in [2.45, 2.75) is 12.5 Å². The number of hydrogen-bond acceptors (Lipinski definition) is 3. The first-order valence-corrected chi connectivity index (χ1v) is 6.94. The molecule has 0 aliphatic heterocycles. The van der Waals surface area contributed by atoms with Crippen LogP contribution in [0.1, 0.15) is 17.4 Å². The lowest BCUT2D eigenvalue weighted by Gasteiger charge is -2.13. The Morgan fingerprint density at radius 1 is 1.19 bits per heavy atom. The van der Waals surface area contributed by atoms with Crippen molar-refractivity contribution in [2.75, 3.05) is 0 Å². The molecule has 0 aliphatic carbocycles. The highest BCUT2D eigenvalue weighted by atomic mass is 35.5. The van der Waals surface area contributed by atoms with Gasteiger partial charge in [0.1, 0.15) is 11.6 Å². The van der Waals surface area contributed by atoms with Gasteiger partial charge in [-0.2, -0.15) is 0 Å². The van der Waals surface area contributed by atoms with Gasteiger partial charge >= 0.3 is 0 Å². The lowest BCUT2D eigenvalue weighted by atomic mass is 10.0. The zero-order valence-corrected chi connectivity index (χ0v) is 11.9. The smallest absolute Gasteiger partial charge is 0.152 e. The summed E-state index contributed by atoms with van der Waals surface area (Å²) in [6, 6.07) is 13.7. The predicted molar refractivity (Wildman–Crippen MR) is 81.4 cm³/mol. The summed E-state index contributed by atoms with van der Waals surface area (Å²) < 4.78 is 19.5. The van der Waals surface area contributed by atoms with Crippen LogP contribution in [0.25, 0.3) is 11.0 Å². The van der Waals surface area contributed by atoms with Gasteiger partial charge in [0.05, 0.1) is 11.1 Å². The molecular formula is C16H14ClFN2O. The molecule has 0 aliphatic rings. The molecule has 1 atom stereocenters. The summed E-state index contributed by atoms with van der Waals surface area (Å²) >= 11 is 6.10.